The zero-order chi connectivity index (χ0) is 18.1. The molecule has 136 valence electrons. The van der Waals surface area contributed by atoms with E-state index in [9.17, 15) is 9.59 Å². The van der Waals surface area contributed by atoms with Gasteiger partial charge in [0.1, 0.15) is 0 Å². The van der Waals surface area contributed by atoms with Crippen LogP contribution in [-0.2, 0) is 11.2 Å². The second kappa shape index (κ2) is 7.06. The third kappa shape index (κ3) is 3.71. The molecule has 5 heteroatoms. The topological polar surface area (TPSA) is 55.2 Å². The van der Waals surface area contributed by atoms with Crippen molar-refractivity contribution in [1.82, 2.24) is 14.7 Å². The zero-order valence-corrected chi connectivity index (χ0v) is 15.2. The minimum atomic E-state index is -0.0288. The molecule has 0 unspecified atom stereocenters. The van der Waals surface area contributed by atoms with Gasteiger partial charge in [0.25, 0.3) is 5.56 Å². The van der Waals surface area contributed by atoms with E-state index in [-0.39, 0.29) is 17.5 Å². The van der Waals surface area contributed by atoms with Crippen molar-refractivity contribution in [2.45, 2.75) is 51.0 Å². The van der Waals surface area contributed by atoms with Crippen molar-refractivity contribution in [3.05, 3.63) is 63.6 Å². The smallest absolute Gasteiger partial charge is 0.267 e. The van der Waals surface area contributed by atoms with Crippen LogP contribution in [0, 0.1) is 6.92 Å². The van der Waals surface area contributed by atoms with Gasteiger partial charge in [0, 0.05) is 25.1 Å². The Balaban J connectivity index is 1.39. The molecule has 1 aromatic heterocycles. The molecule has 1 aliphatic carbocycles. The van der Waals surface area contributed by atoms with Gasteiger partial charge in [-0.1, -0.05) is 29.8 Å². The van der Waals surface area contributed by atoms with Crippen LogP contribution < -0.4 is 5.56 Å². The molecule has 1 saturated heterocycles. The molecule has 2 heterocycles. The predicted molar refractivity (Wildman–Crippen MR) is 100 cm³/mol. The summed E-state index contributed by atoms with van der Waals surface area (Å²) in [6.45, 7) is 3.42. The lowest BCUT2D eigenvalue weighted by Gasteiger charge is -2.32. The van der Waals surface area contributed by atoms with Gasteiger partial charge in [0.15, 0.2) is 0 Å². The van der Waals surface area contributed by atoms with Crippen LogP contribution in [0.5, 0.6) is 0 Å². The van der Waals surface area contributed by atoms with Gasteiger partial charge in [0.05, 0.1) is 18.2 Å². The van der Waals surface area contributed by atoms with Crippen molar-refractivity contribution in [3.63, 3.8) is 0 Å². The Hall–Kier alpha value is -2.43. The number of aryl methyl sites for hydroxylation is 1. The third-order valence-electron chi connectivity index (χ3n) is 5.44. The van der Waals surface area contributed by atoms with Crippen molar-refractivity contribution < 1.29 is 4.79 Å². The van der Waals surface area contributed by atoms with Crippen LogP contribution in [-0.4, -0.2) is 33.7 Å². The molecule has 0 bridgehead atoms. The monoisotopic (exact) mass is 351 g/mol. The Morgan fingerprint density at radius 3 is 2.58 bits per heavy atom. The Morgan fingerprint density at radius 2 is 1.88 bits per heavy atom. The van der Waals surface area contributed by atoms with Crippen molar-refractivity contribution >= 4 is 5.91 Å². The summed E-state index contributed by atoms with van der Waals surface area (Å²) in [5.41, 5.74) is 3.25. The molecule has 0 spiro atoms. The van der Waals surface area contributed by atoms with Crippen LogP contribution in [0.25, 0.3) is 0 Å². The Morgan fingerprint density at radius 1 is 1.12 bits per heavy atom. The van der Waals surface area contributed by atoms with E-state index in [0.717, 1.165) is 24.1 Å². The van der Waals surface area contributed by atoms with Crippen LogP contribution in [0.2, 0.25) is 0 Å². The molecule has 2 fully saturated rings. The standard InChI is InChI=1S/C21H25N3O2/c1-15-3-2-4-16(13-15)14-21(26)23-11-9-18(10-12-23)24-20(25)8-7-19(22-24)17-5-6-17/h2-4,7-8,13,17-18H,5-6,9-12,14H2,1H3. The maximum atomic E-state index is 12.6. The molecule has 1 amide bonds. The molecule has 0 N–H and O–H groups in total. The summed E-state index contributed by atoms with van der Waals surface area (Å²) in [6.07, 6.45) is 4.39. The fraction of sp³-hybridized carbons (Fsp3) is 0.476. The van der Waals surface area contributed by atoms with E-state index >= 15 is 0 Å². The second-order valence-electron chi connectivity index (χ2n) is 7.59. The van der Waals surface area contributed by atoms with E-state index < -0.39 is 0 Å². The highest BCUT2D eigenvalue weighted by Gasteiger charge is 2.28. The van der Waals surface area contributed by atoms with Gasteiger partial charge < -0.3 is 4.90 Å². The summed E-state index contributed by atoms with van der Waals surface area (Å²) in [6, 6.07) is 11.7. The van der Waals surface area contributed by atoms with Crippen LogP contribution >= 0.6 is 0 Å². The van der Waals surface area contributed by atoms with Gasteiger partial charge in [-0.15, -0.1) is 0 Å². The van der Waals surface area contributed by atoms with Crippen LogP contribution in [0.15, 0.2) is 41.2 Å². The minimum Gasteiger partial charge on any atom is -0.342 e. The predicted octanol–water partition coefficient (Wildman–Crippen LogP) is 2.84. The van der Waals surface area contributed by atoms with E-state index in [1.165, 1.54) is 18.4 Å². The number of nitrogens with zero attached hydrogens (tertiary/aromatic N) is 3. The van der Waals surface area contributed by atoms with Gasteiger partial charge in [-0.25, -0.2) is 4.68 Å². The highest BCUT2D eigenvalue weighted by Crippen LogP contribution is 2.38. The molecule has 4 rings (SSSR count). The molecule has 26 heavy (non-hydrogen) atoms. The normalized spacial score (nSPS) is 18.1. The molecule has 5 nitrogen and oxygen atoms in total. The van der Waals surface area contributed by atoms with Crippen LogP contribution in [0.4, 0.5) is 0 Å². The molecule has 1 saturated carbocycles. The molecule has 2 aromatic rings. The highest BCUT2D eigenvalue weighted by atomic mass is 16.2. The number of amides is 1. The average molecular weight is 351 g/mol. The van der Waals surface area contributed by atoms with Crippen molar-refractivity contribution in [2.24, 2.45) is 0 Å². The lowest BCUT2D eigenvalue weighted by atomic mass is 10.0. The van der Waals surface area contributed by atoms with E-state index in [4.69, 9.17) is 0 Å². The van der Waals surface area contributed by atoms with Gasteiger partial charge in [-0.05, 0) is 44.2 Å². The van der Waals surface area contributed by atoms with E-state index in [0.29, 0.717) is 25.4 Å². The molecular weight excluding hydrogens is 326 g/mol. The number of hydrogen-bond acceptors (Lipinski definition) is 3. The summed E-state index contributed by atoms with van der Waals surface area (Å²) >= 11 is 0. The maximum absolute atomic E-state index is 12.6. The Labute approximate surface area is 153 Å². The first-order valence-corrected chi connectivity index (χ1v) is 9.53. The Bertz CT molecular complexity index is 862. The number of aromatic nitrogens is 2. The first-order chi connectivity index (χ1) is 12.6. The molecule has 0 atom stereocenters. The average Bonchev–Trinajstić information content (AvgIpc) is 3.47. The quantitative estimate of drug-likeness (QED) is 0.851. The number of carbonyl (C=O) groups is 1. The lowest BCUT2D eigenvalue weighted by Crippen LogP contribution is -2.42. The van der Waals surface area contributed by atoms with Gasteiger partial charge in [-0.2, -0.15) is 5.10 Å². The molecule has 0 radical (unpaired) electrons. The van der Waals surface area contributed by atoms with Gasteiger partial charge in [-0.3, -0.25) is 9.59 Å². The maximum Gasteiger partial charge on any atom is 0.267 e. The number of benzene rings is 1. The number of hydrogen-bond donors (Lipinski definition) is 0. The number of carbonyl (C=O) groups excluding carboxylic acids is 1. The summed E-state index contributed by atoms with van der Waals surface area (Å²) in [5.74, 6) is 0.707. The minimum absolute atomic E-state index is 0.0288. The number of piperidine rings is 1. The molecule has 1 aromatic carbocycles. The number of likely N-dealkylation sites (tertiary alicyclic amines) is 1. The first-order valence-electron chi connectivity index (χ1n) is 9.53. The summed E-state index contributed by atoms with van der Waals surface area (Å²) in [7, 11) is 0. The molecule has 1 aliphatic heterocycles. The van der Waals surface area contributed by atoms with E-state index in [1.54, 1.807) is 10.7 Å². The Kier molecular flexibility index (Phi) is 4.62. The van der Waals surface area contributed by atoms with E-state index in [2.05, 4.69) is 11.2 Å². The summed E-state index contributed by atoms with van der Waals surface area (Å²) in [4.78, 5) is 26.7. The zero-order valence-electron chi connectivity index (χ0n) is 15.2. The van der Waals surface area contributed by atoms with Crippen molar-refractivity contribution in [2.75, 3.05) is 13.1 Å². The number of rotatable bonds is 4. The van der Waals surface area contributed by atoms with E-state index in [1.807, 2.05) is 36.1 Å². The fourth-order valence-corrected chi connectivity index (χ4v) is 3.77. The third-order valence-corrected chi connectivity index (χ3v) is 5.44. The lowest BCUT2D eigenvalue weighted by molar-refractivity contribution is -0.131. The highest BCUT2D eigenvalue weighted by molar-refractivity contribution is 5.78. The van der Waals surface area contributed by atoms with Crippen molar-refractivity contribution in [3.8, 4) is 0 Å². The molecular formula is C21H25N3O2. The fourth-order valence-electron chi connectivity index (χ4n) is 3.77. The van der Waals surface area contributed by atoms with Crippen molar-refractivity contribution in [1.29, 1.82) is 0 Å². The largest absolute Gasteiger partial charge is 0.342 e. The van der Waals surface area contributed by atoms with Gasteiger partial charge in [0.2, 0.25) is 5.91 Å². The SMILES string of the molecule is Cc1cccc(CC(=O)N2CCC(n3nc(C4CC4)ccc3=O)CC2)c1. The van der Waals surface area contributed by atoms with Crippen LogP contribution in [0.1, 0.15) is 54.5 Å². The van der Waals surface area contributed by atoms with Crippen LogP contribution in [0.3, 0.4) is 0 Å². The first kappa shape index (κ1) is 17.0. The second-order valence-corrected chi connectivity index (χ2v) is 7.59. The van der Waals surface area contributed by atoms with Gasteiger partial charge >= 0.3 is 0 Å². The molecule has 2 aliphatic rings. The summed E-state index contributed by atoms with van der Waals surface area (Å²) < 4.78 is 1.66. The summed E-state index contributed by atoms with van der Waals surface area (Å²) in [5, 5.41) is 4.61.